The van der Waals surface area contributed by atoms with Crippen LogP contribution >= 0.6 is 15.9 Å². The highest BCUT2D eigenvalue weighted by Gasteiger charge is 2.12. The van der Waals surface area contributed by atoms with E-state index in [1.165, 1.54) is 5.56 Å². The van der Waals surface area contributed by atoms with Crippen molar-refractivity contribution >= 4 is 25.8 Å². The topological polar surface area (TPSA) is 46.2 Å². The van der Waals surface area contributed by atoms with Crippen molar-refractivity contribution in [3.05, 3.63) is 34.3 Å². The molecule has 0 fully saturated rings. The third kappa shape index (κ3) is 5.08. The fraction of sp³-hybridized carbons (Fsp3) is 0.538. The van der Waals surface area contributed by atoms with E-state index < -0.39 is 9.84 Å². The van der Waals surface area contributed by atoms with Crippen LogP contribution in [-0.2, 0) is 9.84 Å². The lowest BCUT2D eigenvalue weighted by Crippen LogP contribution is -2.18. The maximum atomic E-state index is 11.4. The molecule has 1 atom stereocenters. The van der Waals surface area contributed by atoms with E-state index in [0.717, 1.165) is 10.9 Å². The molecule has 5 heteroatoms. The van der Waals surface area contributed by atoms with Crippen LogP contribution in [0.25, 0.3) is 0 Å². The van der Waals surface area contributed by atoms with E-state index >= 15 is 0 Å². The smallest absolute Gasteiger partial charge is 0.150 e. The molecule has 0 spiro atoms. The minimum Gasteiger partial charge on any atom is -0.313 e. The van der Waals surface area contributed by atoms with Gasteiger partial charge in [0.25, 0.3) is 0 Å². The second kappa shape index (κ2) is 7.26. The molecular weight excluding hydrogens is 314 g/mol. The van der Waals surface area contributed by atoms with E-state index in [-0.39, 0.29) is 17.5 Å². The van der Waals surface area contributed by atoms with Gasteiger partial charge in [0, 0.05) is 16.3 Å². The molecule has 1 N–H and O–H groups in total. The number of hydrogen-bond donors (Lipinski definition) is 1. The molecule has 102 valence electrons. The van der Waals surface area contributed by atoms with Gasteiger partial charge in [-0.05, 0) is 37.6 Å². The van der Waals surface area contributed by atoms with Crippen LogP contribution in [0.5, 0.6) is 0 Å². The fourth-order valence-electron chi connectivity index (χ4n) is 1.82. The molecular formula is C13H20BrNO2S. The van der Waals surface area contributed by atoms with Crippen molar-refractivity contribution in [3.63, 3.8) is 0 Å². The monoisotopic (exact) mass is 333 g/mol. The van der Waals surface area contributed by atoms with E-state index in [0.29, 0.717) is 6.42 Å². The maximum absolute atomic E-state index is 11.4. The molecule has 0 saturated heterocycles. The number of rotatable bonds is 7. The summed E-state index contributed by atoms with van der Waals surface area (Å²) in [6, 6.07) is 8.33. The highest BCUT2D eigenvalue weighted by molar-refractivity contribution is 9.10. The Morgan fingerprint density at radius 1 is 1.28 bits per heavy atom. The van der Waals surface area contributed by atoms with Crippen LogP contribution in [0.1, 0.15) is 31.4 Å². The summed E-state index contributed by atoms with van der Waals surface area (Å²) in [5, 5.41) is 3.23. The van der Waals surface area contributed by atoms with Gasteiger partial charge in [-0.25, -0.2) is 8.42 Å². The van der Waals surface area contributed by atoms with Crippen LogP contribution in [-0.4, -0.2) is 27.0 Å². The Balaban J connectivity index is 2.55. The fourth-order valence-corrected chi connectivity index (χ4v) is 2.98. The lowest BCUT2D eigenvalue weighted by Gasteiger charge is -2.16. The molecule has 0 bridgehead atoms. The van der Waals surface area contributed by atoms with Crippen LogP contribution in [0, 0.1) is 0 Å². The standard InChI is InChI=1S/C13H20BrNO2S/c1-3-18(16,17)10-4-5-13(15-2)11-6-8-12(14)9-7-11/h6-9,13,15H,3-5,10H2,1-2H3. The summed E-state index contributed by atoms with van der Waals surface area (Å²) in [6.45, 7) is 1.69. The maximum Gasteiger partial charge on any atom is 0.150 e. The second-order valence-corrected chi connectivity index (χ2v) is 7.66. The van der Waals surface area contributed by atoms with Gasteiger partial charge in [0.2, 0.25) is 0 Å². The molecule has 0 amide bonds. The van der Waals surface area contributed by atoms with E-state index in [9.17, 15) is 8.42 Å². The summed E-state index contributed by atoms with van der Waals surface area (Å²) < 4.78 is 23.9. The Bertz CT molecular complexity index is 456. The molecule has 0 saturated carbocycles. The lowest BCUT2D eigenvalue weighted by molar-refractivity contribution is 0.535. The van der Waals surface area contributed by atoms with Crippen LogP contribution in [0.15, 0.2) is 28.7 Å². The Morgan fingerprint density at radius 2 is 1.89 bits per heavy atom. The first-order valence-corrected chi connectivity index (χ1v) is 8.73. The Labute approximate surface area is 118 Å². The number of hydrogen-bond acceptors (Lipinski definition) is 3. The Morgan fingerprint density at radius 3 is 2.39 bits per heavy atom. The summed E-state index contributed by atoms with van der Waals surface area (Å²) in [5.74, 6) is 0.508. The minimum atomic E-state index is -2.85. The second-order valence-electron chi connectivity index (χ2n) is 4.27. The average Bonchev–Trinajstić information content (AvgIpc) is 2.36. The number of benzene rings is 1. The van der Waals surface area contributed by atoms with Crippen molar-refractivity contribution in [1.82, 2.24) is 5.32 Å². The summed E-state index contributed by atoms with van der Waals surface area (Å²) in [4.78, 5) is 0. The van der Waals surface area contributed by atoms with Gasteiger partial charge in [-0.2, -0.15) is 0 Å². The predicted molar refractivity (Wildman–Crippen MR) is 79.5 cm³/mol. The zero-order valence-corrected chi connectivity index (χ0v) is 13.2. The molecule has 18 heavy (non-hydrogen) atoms. The Hall–Kier alpha value is -0.390. The summed E-state index contributed by atoms with van der Waals surface area (Å²) in [6.07, 6.45) is 1.52. The third-order valence-corrected chi connectivity index (χ3v) is 5.33. The molecule has 1 aromatic rings. The molecule has 0 heterocycles. The molecule has 0 aliphatic heterocycles. The lowest BCUT2D eigenvalue weighted by atomic mass is 10.0. The summed E-state index contributed by atoms with van der Waals surface area (Å²) in [7, 11) is -0.944. The Kier molecular flexibility index (Phi) is 6.32. The summed E-state index contributed by atoms with van der Waals surface area (Å²) in [5.41, 5.74) is 1.19. The summed E-state index contributed by atoms with van der Waals surface area (Å²) >= 11 is 3.40. The molecule has 1 unspecified atom stereocenters. The first kappa shape index (κ1) is 15.7. The molecule has 0 aliphatic carbocycles. The molecule has 0 aliphatic rings. The average molecular weight is 334 g/mol. The quantitative estimate of drug-likeness (QED) is 0.834. The molecule has 1 rings (SSSR count). The van der Waals surface area contributed by atoms with Gasteiger partial charge in [0.1, 0.15) is 9.84 Å². The molecule has 3 nitrogen and oxygen atoms in total. The third-order valence-electron chi connectivity index (χ3n) is 3.01. The zero-order chi connectivity index (χ0) is 13.6. The van der Waals surface area contributed by atoms with Gasteiger partial charge in [-0.15, -0.1) is 0 Å². The number of sulfone groups is 1. The minimum absolute atomic E-state index is 0.213. The van der Waals surface area contributed by atoms with Crippen LogP contribution < -0.4 is 5.32 Å². The van der Waals surface area contributed by atoms with Gasteiger partial charge >= 0.3 is 0 Å². The van der Waals surface area contributed by atoms with Crippen molar-refractivity contribution < 1.29 is 8.42 Å². The predicted octanol–water partition coefficient (Wildman–Crippen LogP) is 2.92. The van der Waals surface area contributed by atoms with Gasteiger partial charge in [-0.3, -0.25) is 0 Å². The van der Waals surface area contributed by atoms with E-state index in [2.05, 4.69) is 33.4 Å². The normalized spacial score (nSPS) is 13.5. The van der Waals surface area contributed by atoms with Crippen LogP contribution in [0.3, 0.4) is 0 Å². The first-order chi connectivity index (χ1) is 8.48. The van der Waals surface area contributed by atoms with Gasteiger partial charge in [0.05, 0.1) is 5.75 Å². The van der Waals surface area contributed by atoms with Gasteiger partial charge in [-0.1, -0.05) is 35.0 Å². The van der Waals surface area contributed by atoms with Crippen molar-refractivity contribution in [2.24, 2.45) is 0 Å². The molecule has 0 aromatic heterocycles. The van der Waals surface area contributed by atoms with Gasteiger partial charge in [0.15, 0.2) is 0 Å². The van der Waals surface area contributed by atoms with Crippen molar-refractivity contribution in [2.75, 3.05) is 18.6 Å². The number of nitrogens with one attached hydrogen (secondary N) is 1. The molecule has 0 radical (unpaired) electrons. The number of halogens is 1. The van der Waals surface area contributed by atoms with E-state index in [1.807, 2.05) is 19.2 Å². The zero-order valence-electron chi connectivity index (χ0n) is 10.8. The molecule has 1 aromatic carbocycles. The van der Waals surface area contributed by atoms with Crippen LogP contribution in [0.2, 0.25) is 0 Å². The van der Waals surface area contributed by atoms with Crippen molar-refractivity contribution in [2.45, 2.75) is 25.8 Å². The van der Waals surface area contributed by atoms with E-state index in [1.54, 1.807) is 6.92 Å². The highest BCUT2D eigenvalue weighted by atomic mass is 79.9. The largest absolute Gasteiger partial charge is 0.313 e. The van der Waals surface area contributed by atoms with Gasteiger partial charge < -0.3 is 5.32 Å². The highest BCUT2D eigenvalue weighted by Crippen LogP contribution is 2.20. The van der Waals surface area contributed by atoms with Crippen molar-refractivity contribution in [1.29, 1.82) is 0 Å². The first-order valence-electron chi connectivity index (χ1n) is 6.11. The van der Waals surface area contributed by atoms with Crippen molar-refractivity contribution in [3.8, 4) is 0 Å². The van der Waals surface area contributed by atoms with E-state index in [4.69, 9.17) is 0 Å². The van der Waals surface area contributed by atoms with Crippen LogP contribution in [0.4, 0.5) is 0 Å². The SMILES string of the molecule is CCS(=O)(=O)CCCC(NC)c1ccc(Br)cc1.